The number of carboxylic acid groups (broad SMARTS) is 1. The van der Waals surface area contributed by atoms with Gasteiger partial charge in [-0.3, -0.25) is 4.79 Å². The highest BCUT2D eigenvalue weighted by Gasteiger charge is 2.17. The number of carbonyl (C=O) groups is 1. The molecule has 2 rings (SSSR count). The molecule has 0 spiro atoms. The highest BCUT2D eigenvalue weighted by atomic mass is 79.9. The van der Waals surface area contributed by atoms with Gasteiger partial charge in [-0.15, -0.1) is 0 Å². The quantitative estimate of drug-likeness (QED) is 0.629. The summed E-state index contributed by atoms with van der Waals surface area (Å²) >= 11 is 2.95. The van der Waals surface area contributed by atoms with Crippen LogP contribution < -0.4 is 0 Å². The van der Waals surface area contributed by atoms with Crippen molar-refractivity contribution in [2.45, 2.75) is 25.7 Å². The van der Waals surface area contributed by atoms with Gasteiger partial charge in [0.25, 0.3) is 0 Å². The zero-order valence-electron chi connectivity index (χ0n) is 10.8. The van der Waals surface area contributed by atoms with Crippen LogP contribution in [0, 0.1) is 11.6 Å². The molecule has 5 nitrogen and oxygen atoms in total. The number of hydrogen-bond donors (Lipinski definition) is 1. The molecule has 0 amide bonds. The maximum Gasteiger partial charge on any atom is 0.303 e. The van der Waals surface area contributed by atoms with Crippen molar-refractivity contribution in [1.82, 2.24) is 10.1 Å². The summed E-state index contributed by atoms with van der Waals surface area (Å²) in [5.41, 5.74) is 0.287. The van der Waals surface area contributed by atoms with E-state index in [1.807, 2.05) is 0 Å². The monoisotopic (exact) mass is 360 g/mol. The molecule has 112 valence electrons. The fourth-order valence-corrected chi connectivity index (χ4v) is 2.22. The Hall–Kier alpha value is -1.83. The fraction of sp³-hybridized carbons (Fsp3) is 0.308. The number of carboxylic acids is 1. The van der Waals surface area contributed by atoms with Crippen LogP contribution >= 0.6 is 15.9 Å². The highest BCUT2D eigenvalue weighted by molar-refractivity contribution is 9.10. The van der Waals surface area contributed by atoms with Gasteiger partial charge in [-0.2, -0.15) is 4.98 Å². The van der Waals surface area contributed by atoms with Gasteiger partial charge in [0, 0.05) is 18.4 Å². The largest absolute Gasteiger partial charge is 0.481 e. The summed E-state index contributed by atoms with van der Waals surface area (Å²) in [5.74, 6) is -2.36. The van der Waals surface area contributed by atoms with E-state index in [9.17, 15) is 13.6 Å². The number of benzene rings is 1. The van der Waals surface area contributed by atoms with E-state index < -0.39 is 17.6 Å². The summed E-state index contributed by atoms with van der Waals surface area (Å²) in [4.78, 5) is 14.5. The summed E-state index contributed by atoms with van der Waals surface area (Å²) < 4.78 is 31.4. The predicted octanol–water partition coefficient (Wildman–Crippen LogP) is 3.57. The van der Waals surface area contributed by atoms with Crippen molar-refractivity contribution in [3.8, 4) is 11.4 Å². The molecule has 1 heterocycles. The second kappa shape index (κ2) is 6.75. The zero-order chi connectivity index (χ0) is 15.4. The van der Waals surface area contributed by atoms with Crippen molar-refractivity contribution in [2.24, 2.45) is 0 Å². The van der Waals surface area contributed by atoms with Crippen LogP contribution in [-0.2, 0) is 11.2 Å². The highest BCUT2D eigenvalue weighted by Crippen LogP contribution is 2.30. The minimum absolute atomic E-state index is 0.0688. The lowest BCUT2D eigenvalue weighted by atomic mass is 10.2. The second-order valence-corrected chi connectivity index (χ2v) is 5.13. The van der Waals surface area contributed by atoms with Crippen molar-refractivity contribution in [3.63, 3.8) is 0 Å². The molecule has 1 aromatic heterocycles. The van der Waals surface area contributed by atoms with Crippen molar-refractivity contribution < 1.29 is 23.2 Å². The third-order valence-corrected chi connectivity index (χ3v) is 3.55. The summed E-state index contributed by atoms with van der Waals surface area (Å²) in [5, 5.41) is 12.2. The fourth-order valence-electron chi connectivity index (χ4n) is 1.72. The first-order valence-electron chi connectivity index (χ1n) is 6.17. The maximum atomic E-state index is 13.4. The SMILES string of the molecule is O=C(O)CCCCc1nc(-c2ccc(F)c(F)c2Br)no1. The summed E-state index contributed by atoms with van der Waals surface area (Å²) in [6.07, 6.45) is 1.60. The lowest BCUT2D eigenvalue weighted by Crippen LogP contribution is -1.95. The Balaban J connectivity index is 2.06. The van der Waals surface area contributed by atoms with E-state index in [1.54, 1.807) is 0 Å². The molecule has 0 aliphatic carbocycles. The van der Waals surface area contributed by atoms with Gasteiger partial charge in [0.2, 0.25) is 11.7 Å². The molecule has 8 heteroatoms. The molecule has 1 N–H and O–H groups in total. The number of aliphatic carboxylic acids is 1. The Morgan fingerprint density at radius 2 is 2.10 bits per heavy atom. The van der Waals surface area contributed by atoms with Crippen LogP contribution in [0.15, 0.2) is 21.1 Å². The standard InChI is InChI=1S/C13H11BrF2N2O3/c14-11-7(5-6-8(15)12(11)16)13-17-9(21-18-13)3-1-2-4-10(19)20/h5-6H,1-4H2,(H,19,20). The van der Waals surface area contributed by atoms with E-state index in [0.717, 1.165) is 6.07 Å². The lowest BCUT2D eigenvalue weighted by Gasteiger charge is -2.01. The molecule has 0 aliphatic heterocycles. The Kier molecular flexibility index (Phi) is 5.00. The number of aryl methyl sites for hydroxylation is 1. The molecular formula is C13H11BrF2N2O3. The van der Waals surface area contributed by atoms with Gasteiger partial charge in [0.05, 0.1) is 4.47 Å². The smallest absolute Gasteiger partial charge is 0.303 e. The Morgan fingerprint density at radius 1 is 1.33 bits per heavy atom. The number of halogens is 3. The molecule has 0 radical (unpaired) electrons. The number of hydrogen-bond acceptors (Lipinski definition) is 4. The van der Waals surface area contributed by atoms with Gasteiger partial charge in [0.1, 0.15) is 0 Å². The average Bonchev–Trinajstić information content (AvgIpc) is 2.89. The molecule has 0 aliphatic rings. The number of unbranched alkanes of at least 4 members (excludes halogenated alkanes) is 1. The van der Waals surface area contributed by atoms with Crippen LogP contribution in [0.5, 0.6) is 0 Å². The van der Waals surface area contributed by atoms with Crippen LogP contribution in [-0.4, -0.2) is 21.2 Å². The minimum atomic E-state index is -1.01. The van der Waals surface area contributed by atoms with Crippen LogP contribution in [0.4, 0.5) is 8.78 Å². The summed E-state index contributed by atoms with van der Waals surface area (Å²) in [6, 6.07) is 2.33. The third kappa shape index (κ3) is 3.84. The molecule has 0 saturated heterocycles. The van der Waals surface area contributed by atoms with E-state index in [1.165, 1.54) is 6.07 Å². The molecule has 21 heavy (non-hydrogen) atoms. The summed E-state index contributed by atoms with van der Waals surface area (Å²) in [7, 11) is 0. The average molecular weight is 361 g/mol. The second-order valence-electron chi connectivity index (χ2n) is 4.34. The summed E-state index contributed by atoms with van der Waals surface area (Å²) in [6.45, 7) is 0. The van der Waals surface area contributed by atoms with Gasteiger partial charge in [-0.25, -0.2) is 8.78 Å². The lowest BCUT2D eigenvalue weighted by molar-refractivity contribution is -0.137. The van der Waals surface area contributed by atoms with Gasteiger partial charge in [-0.05, 0) is 40.9 Å². The molecule has 0 bridgehead atoms. The molecule has 1 aromatic carbocycles. The first-order valence-corrected chi connectivity index (χ1v) is 6.96. The number of rotatable bonds is 6. The Morgan fingerprint density at radius 3 is 2.81 bits per heavy atom. The van der Waals surface area contributed by atoms with Crippen molar-refractivity contribution >= 4 is 21.9 Å². The topological polar surface area (TPSA) is 76.2 Å². The molecule has 0 atom stereocenters. The van der Waals surface area contributed by atoms with Crippen LogP contribution in [0.1, 0.15) is 25.2 Å². The van der Waals surface area contributed by atoms with E-state index in [0.29, 0.717) is 25.2 Å². The van der Waals surface area contributed by atoms with E-state index in [2.05, 4.69) is 26.1 Å². The van der Waals surface area contributed by atoms with Gasteiger partial charge < -0.3 is 9.63 Å². The molecule has 0 fully saturated rings. The van der Waals surface area contributed by atoms with Crippen molar-refractivity contribution in [1.29, 1.82) is 0 Å². The van der Waals surface area contributed by atoms with E-state index in [4.69, 9.17) is 9.63 Å². The van der Waals surface area contributed by atoms with Crippen LogP contribution in [0.25, 0.3) is 11.4 Å². The van der Waals surface area contributed by atoms with Crippen molar-refractivity contribution in [2.75, 3.05) is 0 Å². The number of aromatic nitrogens is 2. The van der Waals surface area contributed by atoms with E-state index >= 15 is 0 Å². The Bertz CT molecular complexity index is 661. The van der Waals surface area contributed by atoms with Gasteiger partial charge >= 0.3 is 5.97 Å². The normalized spacial score (nSPS) is 10.8. The third-order valence-electron chi connectivity index (χ3n) is 2.78. The minimum Gasteiger partial charge on any atom is -0.481 e. The maximum absolute atomic E-state index is 13.4. The van der Waals surface area contributed by atoms with Crippen LogP contribution in [0.3, 0.4) is 0 Å². The van der Waals surface area contributed by atoms with Gasteiger partial charge in [-0.1, -0.05) is 5.16 Å². The first-order chi connectivity index (χ1) is 9.99. The predicted molar refractivity (Wildman–Crippen MR) is 72.5 cm³/mol. The van der Waals surface area contributed by atoms with E-state index in [-0.39, 0.29) is 22.3 Å². The molecule has 2 aromatic rings. The number of nitrogens with zero attached hydrogens (tertiary/aromatic N) is 2. The molecular weight excluding hydrogens is 350 g/mol. The Labute approximate surface area is 127 Å². The zero-order valence-corrected chi connectivity index (χ0v) is 12.4. The molecule has 0 unspecified atom stereocenters. The van der Waals surface area contributed by atoms with Gasteiger partial charge in [0.15, 0.2) is 11.6 Å². The first kappa shape index (κ1) is 15.6. The molecule has 0 saturated carbocycles. The van der Waals surface area contributed by atoms with Crippen LogP contribution in [0.2, 0.25) is 0 Å². The van der Waals surface area contributed by atoms with Crippen molar-refractivity contribution in [3.05, 3.63) is 34.1 Å².